The Morgan fingerprint density at radius 3 is 2.57 bits per heavy atom. The number of non-ortho nitro benzene ring substituents is 1. The molecule has 8 heteroatoms. The molecule has 0 saturated heterocycles. The van der Waals surface area contributed by atoms with Gasteiger partial charge in [0.25, 0.3) is 5.69 Å². The van der Waals surface area contributed by atoms with E-state index in [0.29, 0.717) is 18.4 Å². The Morgan fingerprint density at radius 1 is 1.38 bits per heavy atom. The molecule has 116 valence electrons. The number of nitrogens with zero attached hydrogens (tertiary/aromatic N) is 1. The first-order chi connectivity index (χ1) is 9.71. The van der Waals surface area contributed by atoms with E-state index in [1.165, 1.54) is 18.2 Å². The first kappa shape index (κ1) is 17.1. The number of hydrogen-bond acceptors (Lipinski definition) is 6. The molecule has 0 aromatic heterocycles. The van der Waals surface area contributed by atoms with E-state index in [-0.39, 0.29) is 23.3 Å². The number of rotatable bonds is 8. The fraction of sp³-hybridized carbons (Fsp3) is 0.462. The fourth-order valence-electron chi connectivity index (χ4n) is 1.80. The summed E-state index contributed by atoms with van der Waals surface area (Å²) in [4.78, 5) is 20.6. The zero-order chi connectivity index (χ0) is 16.0. The van der Waals surface area contributed by atoms with Crippen LogP contribution in [0.15, 0.2) is 18.2 Å². The van der Waals surface area contributed by atoms with Crippen LogP contribution in [0.25, 0.3) is 0 Å². The SMILES string of the molecule is CC(CCC=O)Oc1cc(CS(C)(=O)=O)cc([N+](=O)[O-])c1. The van der Waals surface area contributed by atoms with Gasteiger partial charge in [-0.2, -0.15) is 0 Å². The maximum Gasteiger partial charge on any atom is 0.273 e. The number of benzene rings is 1. The van der Waals surface area contributed by atoms with Crippen molar-refractivity contribution < 1.29 is 22.9 Å². The molecule has 0 spiro atoms. The first-order valence-electron chi connectivity index (χ1n) is 6.27. The number of carbonyl (C=O) groups is 1. The minimum atomic E-state index is -3.30. The normalized spacial score (nSPS) is 12.7. The zero-order valence-corrected chi connectivity index (χ0v) is 12.6. The van der Waals surface area contributed by atoms with Gasteiger partial charge in [0, 0.05) is 18.7 Å². The molecule has 0 amide bonds. The van der Waals surface area contributed by atoms with Crippen molar-refractivity contribution >= 4 is 21.8 Å². The van der Waals surface area contributed by atoms with Crippen molar-refractivity contribution in [3.05, 3.63) is 33.9 Å². The average molecular weight is 315 g/mol. The van der Waals surface area contributed by atoms with Crippen LogP contribution in [0.3, 0.4) is 0 Å². The van der Waals surface area contributed by atoms with Crippen molar-refractivity contribution in [1.29, 1.82) is 0 Å². The molecule has 21 heavy (non-hydrogen) atoms. The van der Waals surface area contributed by atoms with Crippen LogP contribution in [0.5, 0.6) is 5.75 Å². The molecule has 0 saturated carbocycles. The molecule has 1 unspecified atom stereocenters. The Bertz CT molecular complexity index is 626. The van der Waals surface area contributed by atoms with Gasteiger partial charge in [-0.3, -0.25) is 10.1 Å². The minimum absolute atomic E-state index is 0.223. The van der Waals surface area contributed by atoms with Gasteiger partial charge in [0.15, 0.2) is 9.84 Å². The second kappa shape index (κ2) is 7.16. The van der Waals surface area contributed by atoms with E-state index < -0.39 is 14.8 Å². The highest BCUT2D eigenvalue weighted by atomic mass is 32.2. The number of hydrogen-bond donors (Lipinski definition) is 0. The van der Waals surface area contributed by atoms with Gasteiger partial charge in [-0.15, -0.1) is 0 Å². The predicted octanol–water partition coefficient (Wildman–Crippen LogP) is 1.89. The fourth-order valence-corrected chi connectivity index (χ4v) is 2.57. The van der Waals surface area contributed by atoms with E-state index in [1.807, 2.05) is 0 Å². The Balaban J connectivity index is 3.02. The number of sulfone groups is 1. The second-order valence-corrected chi connectivity index (χ2v) is 6.98. The predicted molar refractivity (Wildman–Crippen MR) is 77.0 cm³/mol. The minimum Gasteiger partial charge on any atom is -0.490 e. The summed E-state index contributed by atoms with van der Waals surface area (Å²) in [6.45, 7) is 1.73. The van der Waals surface area contributed by atoms with E-state index in [1.54, 1.807) is 6.92 Å². The van der Waals surface area contributed by atoms with Gasteiger partial charge in [0.05, 0.1) is 22.8 Å². The summed E-state index contributed by atoms with van der Waals surface area (Å²) >= 11 is 0. The van der Waals surface area contributed by atoms with E-state index in [9.17, 15) is 23.3 Å². The topological polar surface area (TPSA) is 104 Å². The zero-order valence-electron chi connectivity index (χ0n) is 11.8. The lowest BCUT2D eigenvalue weighted by Gasteiger charge is -2.14. The Kier molecular flexibility index (Phi) is 5.83. The van der Waals surface area contributed by atoms with Gasteiger partial charge in [0.2, 0.25) is 0 Å². The first-order valence-corrected chi connectivity index (χ1v) is 8.33. The number of ether oxygens (including phenoxy) is 1. The van der Waals surface area contributed by atoms with Crippen molar-refractivity contribution in [3.63, 3.8) is 0 Å². The van der Waals surface area contributed by atoms with E-state index in [2.05, 4.69) is 0 Å². The smallest absolute Gasteiger partial charge is 0.273 e. The highest BCUT2D eigenvalue weighted by molar-refractivity contribution is 7.89. The third kappa shape index (κ3) is 6.35. The number of nitro groups is 1. The van der Waals surface area contributed by atoms with Gasteiger partial charge < -0.3 is 9.53 Å². The lowest BCUT2D eigenvalue weighted by molar-refractivity contribution is -0.385. The van der Waals surface area contributed by atoms with Crippen molar-refractivity contribution in [3.8, 4) is 5.75 Å². The standard InChI is InChI=1S/C13H17NO6S/c1-10(4-3-5-15)20-13-7-11(9-21(2,18)19)6-12(8-13)14(16)17/h5-8,10H,3-4,9H2,1-2H3. The van der Waals surface area contributed by atoms with Gasteiger partial charge in [-0.25, -0.2) is 8.42 Å². The molecule has 0 N–H and O–H groups in total. The van der Waals surface area contributed by atoms with Crippen molar-refractivity contribution in [1.82, 2.24) is 0 Å². The van der Waals surface area contributed by atoms with Crippen LogP contribution in [0, 0.1) is 10.1 Å². The van der Waals surface area contributed by atoms with Crippen LogP contribution < -0.4 is 4.74 Å². The van der Waals surface area contributed by atoms with Crippen LogP contribution in [0.1, 0.15) is 25.3 Å². The molecule has 0 bridgehead atoms. The molecule has 0 aliphatic carbocycles. The van der Waals surface area contributed by atoms with Crippen LogP contribution in [-0.4, -0.2) is 32.0 Å². The summed E-state index contributed by atoms with van der Waals surface area (Å²) in [5.41, 5.74) is 0.0676. The van der Waals surface area contributed by atoms with Crippen LogP contribution in [0.4, 0.5) is 5.69 Å². The molecule has 1 atom stereocenters. The summed E-state index contributed by atoms with van der Waals surface area (Å²) in [5, 5.41) is 10.9. The van der Waals surface area contributed by atoms with Crippen molar-refractivity contribution in [2.45, 2.75) is 31.6 Å². The summed E-state index contributed by atoms with van der Waals surface area (Å²) in [6.07, 6.45) is 2.32. The Hall–Kier alpha value is -1.96. The lowest BCUT2D eigenvalue weighted by atomic mass is 10.2. The maximum absolute atomic E-state index is 11.3. The molecular weight excluding hydrogens is 298 g/mol. The third-order valence-corrected chi connectivity index (χ3v) is 3.48. The van der Waals surface area contributed by atoms with Crippen LogP contribution in [-0.2, 0) is 20.4 Å². The van der Waals surface area contributed by atoms with Crippen LogP contribution in [0.2, 0.25) is 0 Å². The third-order valence-electron chi connectivity index (χ3n) is 2.62. The van der Waals surface area contributed by atoms with E-state index >= 15 is 0 Å². The quantitative estimate of drug-likeness (QED) is 0.412. The largest absolute Gasteiger partial charge is 0.490 e. The molecular formula is C13H17NO6S. The van der Waals surface area contributed by atoms with Gasteiger partial charge in [-0.05, 0) is 25.0 Å². The van der Waals surface area contributed by atoms with Crippen molar-refractivity contribution in [2.75, 3.05) is 6.26 Å². The molecule has 0 fully saturated rings. The average Bonchev–Trinajstić information content (AvgIpc) is 2.33. The number of carbonyl (C=O) groups excluding carboxylic acids is 1. The Morgan fingerprint density at radius 2 is 2.05 bits per heavy atom. The maximum atomic E-state index is 11.3. The van der Waals surface area contributed by atoms with E-state index in [0.717, 1.165) is 12.5 Å². The summed E-state index contributed by atoms with van der Waals surface area (Å²) in [7, 11) is -3.30. The molecule has 0 aliphatic heterocycles. The molecule has 1 aromatic rings. The molecule has 1 aromatic carbocycles. The number of aldehydes is 1. The van der Waals surface area contributed by atoms with E-state index in [4.69, 9.17) is 4.74 Å². The van der Waals surface area contributed by atoms with Gasteiger partial charge in [-0.1, -0.05) is 0 Å². The highest BCUT2D eigenvalue weighted by Gasteiger charge is 2.15. The molecule has 0 aliphatic rings. The molecule has 7 nitrogen and oxygen atoms in total. The Labute approximate surface area is 123 Å². The van der Waals surface area contributed by atoms with Crippen molar-refractivity contribution in [2.24, 2.45) is 0 Å². The summed E-state index contributed by atoms with van der Waals surface area (Å²) < 4.78 is 28.1. The number of nitro benzene ring substituents is 1. The van der Waals surface area contributed by atoms with Gasteiger partial charge in [0.1, 0.15) is 12.0 Å². The molecule has 0 heterocycles. The van der Waals surface area contributed by atoms with Crippen LogP contribution >= 0.6 is 0 Å². The lowest BCUT2D eigenvalue weighted by Crippen LogP contribution is -2.12. The summed E-state index contributed by atoms with van der Waals surface area (Å²) in [6, 6.07) is 3.92. The highest BCUT2D eigenvalue weighted by Crippen LogP contribution is 2.25. The molecule has 0 radical (unpaired) electrons. The molecule has 1 rings (SSSR count). The second-order valence-electron chi connectivity index (χ2n) is 4.83. The monoisotopic (exact) mass is 315 g/mol. The summed E-state index contributed by atoms with van der Waals surface area (Å²) in [5.74, 6) is -0.0745. The van der Waals surface area contributed by atoms with Gasteiger partial charge >= 0.3 is 0 Å².